The largest absolute Gasteiger partial charge is 0.497 e. The van der Waals surface area contributed by atoms with Gasteiger partial charge < -0.3 is 24.6 Å². The number of aromatic nitrogens is 2. The minimum atomic E-state index is 0.00318. The van der Waals surface area contributed by atoms with E-state index in [9.17, 15) is 4.79 Å². The number of carbonyl (C=O) groups excluding carboxylic acids is 1. The predicted molar refractivity (Wildman–Crippen MR) is 124 cm³/mol. The van der Waals surface area contributed by atoms with Gasteiger partial charge in [0.05, 0.1) is 14.2 Å². The minimum absolute atomic E-state index is 0.00318. The number of nitrogens with zero attached hydrogens (tertiary/aromatic N) is 4. The third-order valence-electron chi connectivity index (χ3n) is 6.45. The van der Waals surface area contributed by atoms with Crippen molar-refractivity contribution < 1.29 is 14.3 Å². The maximum atomic E-state index is 12.8. The first-order valence-corrected chi connectivity index (χ1v) is 11.5. The monoisotopic (exact) mass is 439 g/mol. The number of carbonyl (C=O) groups is 1. The second-order valence-electron chi connectivity index (χ2n) is 8.45. The van der Waals surface area contributed by atoms with Crippen molar-refractivity contribution in [3.8, 4) is 11.5 Å². The summed E-state index contributed by atoms with van der Waals surface area (Å²) in [5.74, 6) is 3.44. The van der Waals surface area contributed by atoms with E-state index in [2.05, 4.69) is 37.4 Å². The SMILES string of the molecule is COc1ccc(OC)c(CNC(=O)C2CCN(c3ccc(N4CCCCC4)nn3)CC2)c1. The number of hydrogen-bond acceptors (Lipinski definition) is 7. The Balaban J connectivity index is 1.27. The highest BCUT2D eigenvalue weighted by Gasteiger charge is 2.26. The highest BCUT2D eigenvalue weighted by atomic mass is 16.5. The van der Waals surface area contributed by atoms with Gasteiger partial charge in [0.1, 0.15) is 11.5 Å². The standard InChI is InChI=1S/C24H33N5O3/c1-31-20-6-7-21(32-2)19(16-20)17-25-24(30)18-10-14-29(15-11-18)23-9-8-22(26-27-23)28-12-4-3-5-13-28/h6-9,16,18H,3-5,10-15,17H2,1-2H3,(H,25,30). The van der Waals surface area contributed by atoms with Crippen LogP contribution in [0.4, 0.5) is 11.6 Å². The van der Waals surface area contributed by atoms with Crippen LogP contribution >= 0.6 is 0 Å². The van der Waals surface area contributed by atoms with Crippen LogP contribution in [-0.2, 0) is 11.3 Å². The molecule has 1 aromatic heterocycles. The third-order valence-corrected chi connectivity index (χ3v) is 6.45. The van der Waals surface area contributed by atoms with Gasteiger partial charge in [0.15, 0.2) is 11.6 Å². The third kappa shape index (κ3) is 5.23. The van der Waals surface area contributed by atoms with Crippen LogP contribution in [0, 0.1) is 5.92 Å². The summed E-state index contributed by atoms with van der Waals surface area (Å²) in [7, 11) is 3.26. The maximum Gasteiger partial charge on any atom is 0.223 e. The molecule has 0 unspecified atom stereocenters. The molecule has 2 aliphatic heterocycles. The average Bonchev–Trinajstić information content (AvgIpc) is 2.87. The van der Waals surface area contributed by atoms with Gasteiger partial charge in [-0.2, -0.15) is 0 Å². The Hall–Kier alpha value is -3.03. The number of ether oxygens (including phenoxy) is 2. The van der Waals surface area contributed by atoms with Gasteiger partial charge in [-0.05, 0) is 62.4 Å². The Kier molecular flexibility index (Phi) is 7.29. The summed E-state index contributed by atoms with van der Waals surface area (Å²) in [6.07, 6.45) is 5.36. The van der Waals surface area contributed by atoms with Crippen LogP contribution in [-0.4, -0.2) is 56.5 Å². The molecule has 2 aromatic rings. The van der Waals surface area contributed by atoms with Gasteiger partial charge in [-0.3, -0.25) is 4.79 Å². The van der Waals surface area contributed by atoms with Crippen LogP contribution < -0.4 is 24.6 Å². The van der Waals surface area contributed by atoms with Crippen molar-refractivity contribution in [1.29, 1.82) is 0 Å². The molecule has 172 valence electrons. The molecule has 0 atom stereocenters. The summed E-state index contributed by atoms with van der Waals surface area (Å²) in [4.78, 5) is 17.3. The summed E-state index contributed by atoms with van der Waals surface area (Å²) in [6, 6.07) is 9.74. The van der Waals surface area contributed by atoms with Crippen molar-refractivity contribution in [1.82, 2.24) is 15.5 Å². The number of nitrogens with one attached hydrogen (secondary N) is 1. The number of hydrogen-bond donors (Lipinski definition) is 1. The number of amides is 1. The molecule has 2 fully saturated rings. The number of benzene rings is 1. The van der Waals surface area contributed by atoms with Crippen LogP contribution in [0.25, 0.3) is 0 Å². The number of anilines is 2. The van der Waals surface area contributed by atoms with Gasteiger partial charge in [-0.15, -0.1) is 10.2 Å². The van der Waals surface area contributed by atoms with E-state index in [4.69, 9.17) is 9.47 Å². The lowest BCUT2D eigenvalue weighted by Crippen LogP contribution is -2.40. The lowest BCUT2D eigenvalue weighted by molar-refractivity contribution is -0.125. The predicted octanol–water partition coefficient (Wildman–Crippen LogP) is 3.02. The zero-order chi connectivity index (χ0) is 22.3. The average molecular weight is 440 g/mol. The fraction of sp³-hybridized carbons (Fsp3) is 0.542. The van der Waals surface area contributed by atoms with E-state index in [-0.39, 0.29) is 11.8 Å². The van der Waals surface area contributed by atoms with Crippen LogP contribution in [0.5, 0.6) is 11.5 Å². The lowest BCUT2D eigenvalue weighted by atomic mass is 9.96. The summed E-state index contributed by atoms with van der Waals surface area (Å²) >= 11 is 0. The molecule has 2 aliphatic rings. The molecule has 1 amide bonds. The van der Waals surface area contributed by atoms with Crippen molar-refractivity contribution in [2.45, 2.75) is 38.6 Å². The summed E-state index contributed by atoms with van der Waals surface area (Å²) in [5.41, 5.74) is 0.904. The van der Waals surface area contributed by atoms with Crippen molar-refractivity contribution in [3.63, 3.8) is 0 Å². The van der Waals surface area contributed by atoms with Gasteiger partial charge in [-0.1, -0.05) is 0 Å². The van der Waals surface area contributed by atoms with Crippen molar-refractivity contribution in [2.24, 2.45) is 5.92 Å². The van der Waals surface area contributed by atoms with Crippen LogP contribution in [0.15, 0.2) is 30.3 Å². The molecule has 0 bridgehead atoms. The van der Waals surface area contributed by atoms with Crippen LogP contribution in [0.3, 0.4) is 0 Å². The molecule has 1 N–H and O–H groups in total. The first kappa shape index (κ1) is 22.2. The van der Waals surface area contributed by atoms with Crippen LogP contribution in [0.1, 0.15) is 37.7 Å². The lowest BCUT2D eigenvalue weighted by Gasteiger charge is -2.32. The minimum Gasteiger partial charge on any atom is -0.497 e. The fourth-order valence-corrected chi connectivity index (χ4v) is 4.50. The Morgan fingerprint density at radius 1 is 0.938 bits per heavy atom. The summed E-state index contributed by atoms with van der Waals surface area (Å²) in [5, 5.41) is 12.0. The molecule has 0 aliphatic carbocycles. The van der Waals surface area contributed by atoms with Gasteiger partial charge in [-0.25, -0.2) is 0 Å². The van der Waals surface area contributed by atoms with Crippen molar-refractivity contribution in [2.75, 3.05) is 50.2 Å². The molecule has 0 saturated carbocycles. The highest BCUT2D eigenvalue weighted by Crippen LogP contribution is 2.26. The molecule has 32 heavy (non-hydrogen) atoms. The molecule has 0 spiro atoms. The zero-order valence-corrected chi connectivity index (χ0v) is 19.0. The Morgan fingerprint density at radius 3 is 2.19 bits per heavy atom. The molecule has 8 nitrogen and oxygen atoms in total. The second kappa shape index (κ2) is 10.5. The first-order valence-electron chi connectivity index (χ1n) is 11.5. The van der Waals surface area contributed by atoms with Gasteiger partial charge in [0.2, 0.25) is 5.91 Å². The van der Waals surface area contributed by atoms with E-state index in [1.807, 2.05) is 18.2 Å². The van der Waals surface area contributed by atoms with Crippen molar-refractivity contribution in [3.05, 3.63) is 35.9 Å². The molecular weight excluding hydrogens is 406 g/mol. The molecule has 4 rings (SSSR count). The Morgan fingerprint density at radius 2 is 1.59 bits per heavy atom. The second-order valence-corrected chi connectivity index (χ2v) is 8.45. The summed E-state index contributed by atoms with van der Waals surface area (Å²) in [6.45, 7) is 4.16. The number of methoxy groups -OCH3 is 2. The molecule has 3 heterocycles. The number of rotatable bonds is 7. The normalized spacial score (nSPS) is 17.2. The Labute approximate surface area is 189 Å². The molecule has 0 radical (unpaired) electrons. The van der Waals surface area contributed by atoms with E-state index in [0.717, 1.165) is 67.7 Å². The first-order chi connectivity index (χ1) is 15.7. The van der Waals surface area contributed by atoms with Gasteiger partial charge in [0, 0.05) is 44.2 Å². The van der Waals surface area contributed by atoms with E-state index in [1.54, 1.807) is 14.2 Å². The molecule has 8 heteroatoms. The Bertz CT molecular complexity index is 891. The zero-order valence-electron chi connectivity index (χ0n) is 19.0. The van der Waals surface area contributed by atoms with Gasteiger partial charge >= 0.3 is 0 Å². The molecular formula is C24H33N5O3. The van der Waals surface area contributed by atoms with E-state index < -0.39 is 0 Å². The topological polar surface area (TPSA) is 79.8 Å². The smallest absolute Gasteiger partial charge is 0.223 e. The van der Waals surface area contributed by atoms with E-state index >= 15 is 0 Å². The quantitative estimate of drug-likeness (QED) is 0.710. The number of piperidine rings is 2. The summed E-state index contributed by atoms with van der Waals surface area (Å²) < 4.78 is 10.7. The molecule has 1 aromatic carbocycles. The van der Waals surface area contributed by atoms with Crippen LogP contribution in [0.2, 0.25) is 0 Å². The van der Waals surface area contributed by atoms with Gasteiger partial charge in [0.25, 0.3) is 0 Å². The highest BCUT2D eigenvalue weighted by molar-refractivity contribution is 5.79. The van der Waals surface area contributed by atoms with E-state index in [0.29, 0.717) is 6.54 Å². The fourth-order valence-electron chi connectivity index (χ4n) is 4.50. The van der Waals surface area contributed by atoms with E-state index in [1.165, 1.54) is 19.3 Å². The molecule has 2 saturated heterocycles. The maximum absolute atomic E-state index is 12.8. The van der Waals surface area contributed by atoms with Crippen molar-refractivity contribution >= 4 is 17.5 Å².